The number of carbonyl (C=O) groups excluding carboxylic acids is 1. The summed E-state index contributed by atoms with van der Waals surface area (Å²) in [5.74, 6) is -0.719. The van der Waals surface area contributed by atoms with Crippen molar-refractivity contribution in [1.29, 1.82) is 0 Å². The molecule has 0 fully saturated rings. The number of ketones is 1. The molecular weight excluding hydrogens is 509 g/mol. The molecule has 0 radical (unpaired) electrons. The highest BCUT2D eigenvalue weighted by molar-refractivity contribution is 7.99. The van der Waals surface area contributed by atoms with Crippen LogP contribution in [0, 0.1) is 6.92 Å². The van der Waals surface area contributed by atoms with E-state index in [2.05, 4.69) is 4.74 Å². The van der Waals surface area contributed by atoms with Crippen molar-refractivity contribution in [3.05, 3.63) is 83.4 Å². The van der Waals surface area contributed by atoms with Crippen molar-refractivity contribution in [2.45, 2.75) is 37.6 Å². The van der Waals surface area contributed by atoms with Crippen molar-refractivity contribution < 1.29 is 42.1 Å². The molecular formula is C27H25F3O6S. The molecule has 3 rings (SSSR count). The van der Waals surface area contributed by atoms with Crippen molar-refractivity contribution in [1.82, 2.24) is 0 Å². The Balaban J connectivity index is 1.66. The Labute approximate surface area is 216 Å². The maximum Gasteiger partial charge on any atom is 0.573 e. The van der Waals surface area contributed by atoms with E-state index in [1.54, 1.807) is 48.2 Å². The quantitative estimate of drug-likeness (QED) is 0.209. The summed E-state index contributed by atoms with van der Waals surface area (Å²) in [6.07, 6.45) is -4.65. The molecule has 0 aliphatic rings. The highest BCUT2D eigenvalue weighted by Crippen LogP contribution is 2.32. The third kappa shape index (κ3) is 8.75. The van der Waals surface area contributed by atoms with E-state index in [-0.39, 0.29) is 17.4 Å². The van der Waals surface area contributed by atoms with Crippen molar-refractivity contribution in [3.63, 3.8) is 0 Å². The molecule has 0 aromatic heterocycles. The average molecular weight is 535 g/mol. The van der Waals surface area contributed by atoms with E-state index in [9.17, 15) is 22.8 Å². The number of carboxylic acid groups (broad SMARTS) is 1. The van der Waals surface area contributed by atoms with Gasteiger partial charge < -0.3 is 19.3 Å². The van der Waals surface area contributed by atoms with Crippen LogP contribution in [0.5, 0.6) is 17.2 Å². The molecule has 0 saturated heterocycles. The highest BCUT2D eigenvalue weighted by Gasteiger charge is 2.32. The lowest BCUT2D eigenvalue weighted by molar-refractivity contribution is -0.274. The highest BCUT2D eigenvalue weighted by atomic mass is 32.2. The Hall–Kier alpha value is -3.66. The molecule has 1 atom stereocenters. The summed E-state index contributed by atoms with van der Waals surface area (Å²) in [4.78, 5) is 24.7. The van der Waals surface area contributed by atoms with E-state index in [1.807, 2.05) is 26.0 Å². The molecule has 10 heteroatoms. The van der Waals surface area contributed by atoms with Gasteiger partial charge >= 0.3 is 12.3 Å². The van der Waals surface area contributed by atoms with Crippen LogP contribution in [0.4, 0.5) is 13.2 Å². The normalized spacial score (nSPS) is 12.0. The number of hydrogen-bond donors (Lipinski definition) is 1. The van der Waals surface area contributed by atoms with E-state index in [0.29, 0.717) is 23.5 Å². The summed E-state index contributed by atoms with van der Waals surface area (Å²) in [6, 6.07) is 17.1. The topological polar surface area (TPSA) is 82.1 Å². The van der Waals surface area contributed by atoms with Crippen LogP contribution in [-0.2, 0) is 4.79 Å². The van der Waals surface area contributed by atoms with Crippen LogP contribution in [-0.4, -0.2) is 41.7 Å². The van der Waals surface area contributed by atoms with Gasteiger partial charge in [0.1, 0.15) is 17.2 Å². The van der Waals surface area contributed by atoms with Gasteiger partial charge in [-0.2, -0.15) is 0 Å². The van der Waals surface area contributed by atoms with E-state index in [4.69, 9.17) is 14.6 Å². The molecule has 0 amide bonds. The monoisotopic (exact) mass is 534 g/mol. The third-order valence-electron chi connectivity index (χ3n) is 5.08. The summed E-state index contributed by atoms with van der Waals surface area (Å²) in [6.45, 7) is 3.22. The lowest BCUT2D eigenvalue weighted by atomic mass is 10.0. The predicted octanol–water partition coefficient (Wildman–Crippen LogP) is 6.54. The van der Waals surface area contributed by atoms with Gasteiger partial charge in [-0.3, -0.25) is 4.79 Å². The maximum absolute atomic E-state index is 13.0. The van der Waals surface area contributed by atoms with Crippen LogP contribution >= 0.6 is 11.8 Å². The Kier molecular flexibility index (Phi) is 9.46. The van der Waals surface area contributed by atoms with Crippen molar-refractivity contribution in [2.75, 3.05) is 12.4 Å². The number of aliphatic carboxylic acids is 1. The van der Waals surface area contributed by atoms with Crippen molar-refractivity contribution in [2.24, 2.45) is 0 Å². The largest absolute Gasteiger partial charge is 0.573 e. The maximum atomic E-state index is 13.0. The van der Waals surface area contributed by atoms with Crippen molar-refractivity contribution in [3.8, 4) is 17.2 Å². The molecule has 0 aliphatic carbocycles. The zero-order chi connectivity index (χ0) is 27.0. The number of carboxylic acids is 1. The minimum absolute atomic E-state index is 0.0278. The number of halogens is 3. The van der Waals surface area contributed by atoms with Gasteiger partial charge in [-0.1, -0.05) is 30.3 Å². The van der Waals surface area contributed by atoms with Crippen molar-refractivity contribution >= 4 is 23.5 Å². The van der Waals surface area contributed by atoms with Crippen LogP contribution in [0.3, 0.4) is 0 Å². The molecule has 3 aromatic rings. The Morgan fingerprint density at radius 1 is 1.00 bits per heavy atom. The second-order valence-corrected chi connectivity index (χ2v) is 9.24. The van der Waals surface area contributed by atoms with E-state index >= 15 is 0 Å². The molecule has 0 bridgehead atoms. The van der Waals surface area contributed by atoms with E-state index in [1.165, 1.54) is 6.07 Å². The Morgan fingerprint density at radius 3 is 2.35 bits per heavy atom. The molecule has 0 aliphatic heterocycles. The van der Waals surface area contributed by atoms with E-state index < -0.39 is 30.5 Å². The van der Waals surface area contributed by atoms with Gasteiger partial charge in [0.05, 0.1) is 11.7 Å². The third-order valence-corrected chi connectivity index (χ3v) is 6.11. The standard InChI is InChI=1S/C27H25F3O6S/c1-17-14-21(9-11-23(17)34-16-25(31)32)37-13-12-18(2)35-24-10-8-20(36-27(28,29)30)15-22(24)26(33)19-6-4-3-5-7-19/h3-11,14-15,18H,12-13,16H2,1-2H3,(H,31,32). The first-order chi connectivity index (χ1) is 17.5. The van der Waals surface area contributed by atoms with Gasteiger partial charge in [-0.15, -0.1) is 24.9 Å². The lowest BCUT2D eigenvalue weighted by Crippen LogP contribution is -2.18. The van der Waals surface area contributed by atoms with Gasteiger partial charge in [-0.05, 0) is 62.2 Å². The van der Waals surface area contributed by atoms with Crippen LogP contribution in [0.1, 0.15) is 34.8 Å². The number of rotatable bonds is 12. The summed E-state index contributed by atoms with van der Waals surface area (Å²) < 4.78 is 53.4. The summed E-state index contributed by atoms with van der Waals surface area (Å²) in [5, 5.41) is 8.75. The molecule has 196 valence electrons. The zero-order valence-electron chi connectivity index (χ0n) is 20.1. The van der Waals surface area contributed by atoms with Gasteiger partial charge in [0.15, 0.2) is 12.4 Å². The summed E-state index contributed by atoms with van der Waals surface area (Å²) in [7, 11) is 0. The smallest absolute Gasteiger partial charge is 0.490 e. The van der Waals surface area contributed by atoms with Crippen LogP contribution in [0.2, 0.25) is 0 Å². The zero-order valence-corrected chi connectivity index (χ0v) is 20.9. The molecule has 0 spiro atoms. The first-order valence-electron chi connectivity index (χ1n) is 11.3. The summed E-state index contributed by atoms with van der Waals surface area (Å²) in [5.41, 5.74) is 1.09. The van der Waals surface area contributed by atoms with Gasteiger partial charge in [-0.25, -0.2) is 4.79 Å². The first kappa shape index (κ1) is 27.9. The molecule has 0 saturated carbocycles. The number of thioether (sulfide) groups is 1. The number of carbonyl (C=O) groups is 2. The predicted molar refractivity (Wildman–Crippen MR) is 133 cm³/mol. The Bertz CT molecular complexity index is 1230. The fourth-order valence-electron chi connectivity index (χ4n) is 3.36. The van der Waals surface area contributed by atoms with Crippen LogP contribution in [0.25, 0.3) is 0 Å². The molecule has 1 N–H and O–H groups in total. The minimum Gasteiger partial charge on any atom is -0.490 e. The molecule has 0 heterocycles. The number of alkyl halides is 3. The molecule has 37 heavy (non-hydrogen) atoms. The van der Waals surface area contributed by atoms with E-state index in [0.717, 1.165) is 22.6 Å². The minimum atomic E-state index is -4.89. The molecule has 6 nitrogen and oxygen atoms in total. The molecule has 1 unspecified atom stereocenters. The van der Waals surface area contributed by atoms with Crippen LogP contribution in [0.15, 0.2) is 71.6 Å². The molecule has 3 aromatic carbocycles. The fourth-order valence-corrected chi connectivity index (χ4v) is 4.47. The lowest BCUT2D eigenvalue weighted by Gasteiger charge is -2.18. The SMILES string of the molecule is Cc1cc(SCCC(C)Oc2ccc(OC(F)(F)F)cc2C(=O)c2ccccc2)ccc1OCC(=O)O. The van der Waals surface area contributed by atoms with Gasteiger partial charge in [0.25, 0.3) is 0 Å². The summed E-state index contributed by atoms with van der Waals surface area (Å²) >= 11 is 1.56. The number of hydrogen-bond acceptors (Lipinski definition) is 6. The number of benzene rings is 3. The second kappa shape index (κ2) is 12.5. The number of aryl methyl sites for hydroxylation is 1. The van der Waals surface area contributed by atoms with Crippen LogP contribution < -0.4 is 14.2 Å². The van der Waals surface area contributed by atoms with Gasteiger partial charge in [0.2, 0.25) is 0 Å². The first-order valence-corrected chi connectivity index (χ1v) is 12.2. The second-order valence-electron chi connectivity index (χ2n) is 8.08. The average Bonchev–Trinajstić information content (AvgIpc) is 2.83. The Morgan fingerprint density at radius 2 is 1.70 bits per heavy atom. The fraction of sp³-hybridized carbons (Fsp3) is 0.259. The van der Waals surface area contributed by atoms with Gasteiger partial charge in [0, 0.05) is 16.2 Å². The number of ether oxygens (including phenoxy) is 3.